The lowest BCUT2D eigenvalue weighted by molar-refractivity contribution is 0.102. The molecule has 0 fully saturated rings. The molecule has 2 aromatic carbocycles. The van der Waals surface area contributed by atoms with Crippen LogP contribution in [0.25, 0.3) is 0 Å². The van der Waals surface area contributed by atoms with Crippen LogP contribution in [0.3, 0.4) is 0 Å². The number of hydrogen-bond donors (Lipinski definition) is 2. The molecule has 2 N–H and O–H groups in total. The van der Waals surface area contributed by atoms with Crippen molar-refractivity contribution in [3.8, 4) is 5.75 Å². The molecule has 0 aliphatic heterocycles. The second-order valence-corrected chi connectivity index (χ2v) is 4.76. The third kappa shape index (κ3) is 3.67. The fourth-order valence-electron chi connectivity index (χ4n) is 1.96. The molecular formula is C16H17ClN2O2. The first-order valence-electron chi connectivity index (χ1n) is 6.66. The number of amides is 1. The van der Waals surface area contributed by atoms with Gasteiger partial charge in [-0.05, 0) is 37.3 Å². The van der Waals surface area contributed by atoms with Gasteiger partial charge in [0.25, 0.3) is 5.91 Å². The van der Waals surface area contributed by atoms with Gasteiger partial charge in [-0.1, -0.05) is 23.7 Å². The SMILES string of the molecule is CCOc1ccccc1NC(=O)c1cc(Cl)ccc1NC. The highest BCUT2D eigenvalue weighted by Crippen LogP contribution is 2.26. The van der Waals surface area contributed by atoms with Crippen molar-refractivity contribution < 1.29 is 9.53 Å². The number of carbonyl (C=O) groups is 1. The molecule has 0 aromatic heterocycles. The molecule has 21 heavy (non-hydrogen) atoms. The number of rotatable bonds is 5. The van der Waals surface area contributed by atoms with E-state index >= 15 is 0 Å². The molecule has 0 saturated heterocycles. The fourth-order valence-corrected chi connectivity index (χ4v) is 2.14. The summed E-state index contributed by atoms with van der Waals surface area (Å²) in [5.41, 5.74) is 1.83. The van der Waals surface area contributed by atoms with Crippen LogP contribution in [-0.2, 0) is 0 Å². The lowest BCUT2D eigenvalue weighted by Gasteiger charge is -2.13. The summed E-state index contributed by atoms with van der Waals surface area (Å²) in [6, 6.07) is 12.5. The number of benzene rings is 2. The van der Waals surface area contributed by atoms with Gasteiger partial charge in [0.1, 0.15) is 5.75 Å². The zero-order valence-corrected chi connectivity index (χ0v) is 12.7. The Labute approximate surface area is 129 Å². The van der Waals surface area contributed by atoms with Gasteiger partial charge in [-0.2, -0.15) is 0 Å². The van der Waals surface area contributed by atoms with Crippen LogP contribution in [0.1, 0.15) is 17.3 Å². The summed E-state index contributed by atoms with van der Waals surface area (Å²) in [6.45, 7) is 2.43. The molecule has 4 nitrogen and oxygen atoms in total. The van der Waals surface area contributed by atoms with Crippen molar-refractivity contribution in [3.05, 3.63) is 53.1 Å². The average molecular weight is 305 g/mol. The fraction of sp³-hybridized carbons (Fsp3) is 0.188. The van der Waals surface area contributed by atoms with Gasteiger partial charge in [0, 0.05) is 17.8 Å². The summed E-state index contributed by atoms with van der Waals surface area (Å²) in [6.07, 6.45) is 0. The van der Waals surface area contributed by atoms with Gasteiger partial charge in [0.05, 0.1) is 17.9 Å². The number of hydrogen-bond acceptors (Lipinski definition) is 3. The maximum Gasteiger partial charge on any atom is 0.257 e. The highest BCUT2D eigenvalue weighted by Gasteiger charge is 2.13. The third-order valence-corrected chi connectivity index (χ3v) is 3.17. The van der Waals surface area contributed by atoms with Crippen LogP contribution in [0.15, 0.2) is 42.5 Å². The van der Waals surface area contributed by atoms with E-state index in [1.54, 1.807) is 31.3 Å². The van der Waals surface area contributed by atoms with Gasteiger partial charge in [-0.3, -0.25) is 4.79 Å². The molecule has 0 bridgehead atoms. The van der Waals surface area contributed by atoms with Gasteiger partial charge in [0.15, 0.2) is 0 Å². The van der Waals surface area contributed by atoms with E-state index in [2.05, 4.69) is 10.6 Å². The Morgan fingerprint density at radius 1 is 1.19 bits per heavy atom. The third-order valence-electron chi connectivity index (χ3n) is 2.93. The first-order valence-corrected chi connectivity index (χ1v) is 7.04. The normalized spacial score (nSPS) is 10.0. The van der Waals surface area contributed by atoms with E-state index < -0.39 is 0 Å². The Balaban J connectivity index is 2.28. The second kappa shape index (κ2) is 6.99. The smallest absolute Gasteiger partial charge is 0.257 e. The minimum absolute atomic E-state index is 0.242. The van der Waals surface area contributed by atoms with Crippen LogP contribution in [0.2, 0.25) is 5.02 Å². The Kier molecular flexibility index (Phi) is 5.06. The molecular weight excluding hydrogens is 288 g/mol. The van der Waals surface area contributed by atoms with Crippen molar-refractivity contribution in [2.75, 3.05) is 24.3 Å². The molecule has 0 heterocycles. The number of carbonyl (C=O) groups excluding carboxylic acids is 1. The maximum absolute atomic E-state index is 12.4. The number of nitrogens with one attached hydrogen (secondary N) is 2. The average Bonchev–Trinajstić information content (AvgIpc) is 2.49. The monoisotopic (exact) mass is 304 g/mol. The molecule has 0 spiro atoms. The van der Waals surface area contributed by atoms with Gasteiger partial charge in [0.2, 0.25) is 0 Å². The van der Waals surface area contributed by atoms with Crippen LogP contribution >= 0.6 is 11.6 Å². The molecule has 5 heteroatoms. The largest absolute Gasteiger partial charge is 0.492 e. The molecule has 0 aliphatic carbocycles. The van der Waals surface area contributed by atoms with Crippen molar-refractivity contribution >= 4 is 28.9 Å². The first-order chi connectivity index (χ1) is 10.2. The van der Waals surface area contributed by atoms with Crippen LogP contribution in [0, 0.1) is 0 Å². The summed E-state index contributed by atoms with van der Waals surface area (Å²) in [5, 5.41) is 6.34. The molecule has 1 amide bonds. The standard InChI is InChI=1S/C16H17ClN2O2/c1-3-21-15-7-5-4-6-14(15)19-16(20)12-10-11(17)8-9-13(12)18-2/h4-10,18H,3H2,1-2H3,(H,19,20). The number of halogens is 1. The summed E-state index contributed by atoms with van der Waals surface area (Å²) in [5.74, 6) is 0.399. The van der Waals surface area contributed by atoms with E-state index in [9.17, 15) is 4.79 Å². The highest BCUT2D eigenvalue weighted by atomic mass is 35.5. The Bertz CT molecular complexity index is 644. The minimum Gasteiger partial charge on any atom is -0.492 e. The van der Waals surface area contributed by atoms with Crippen LogP contribution in [0.4, 0.5) is 11.4 Å². The van der Waals surface area contributed by atoms with E-state index in [0.717, 1.165) is 0 Å². The summed E-state index contributed by atoms with van der Waals surface area (Å²) in [7, 11) is 1.76. The summed E-state index contributed by atoms with van der Waals surface area (Å²) >= 11 is 5.97. The van der Waals surface area contributed by atoms with Crippen LogP contribution in [-0.4, -0.2) is 19.6 Å². The summed E-state index contributed by atoms with van der Waals surface area (Å²) < 4.78 is 5.50. The number of para-hydroxylation sites is 2. The van der Waals surface area contributed by atoms with Crippen molar-refractivity contribution in [2.45, 2.75) is 6.92 Å². The number of ether oxygens (including phenoxy) is 1. The van der Waals surface area contributed by atoms with Gasteiger partial charge >= 0.3 is 0 Å². The predicted octanol–water partition coefficient (Wildman–Crippen LogP) is 4.03. The molecule has 2 rings (SSSR count). The Morgan fingerprint density at radius 3 is 2.67 bits per heavy atom. The second-order valence-electron chi connectivity index (χ2n) is 4.32. The summed E-state index contributed by atoms with van der Waals surface area (Å²) in [4.78, 5) is 12.4. The Hall–Kier alpha value is -2.20. The van der Waals surface area contributed by atoms with E-state index in [4.69, 9.17) is 16.3 Å². The molecule has 0 saturated carbocycles. The molecule has 0 aliphatic rings. The zero-order chi connectivity index (χ0) is 15.2. The maximum atomic E-state index is 12.4. The predicted molar refractivity (Wildman–Crippen MR) is 86.6 cm³/mol. The van der Waals surface area contributed by atoms with Gasteiger partial charge in [-0.25, -0.2) is 0 Å². The number of anilines is 2. The topological polar surface area (TPSA) is 50.4 Å². The van der Waals surface area contributed by atoms with Crippen LogP contribution in [0.5, 0.6) is 5.75 Å². The van der Waals surface area contributed by atoms with Gasteiger partial charge in [-0.15, -0.1) is 0 Å². The first kappa shape index (κ1) is 15.2. The van der Waals surface area contributed by atoms with E-state index in [0.29, 0.717) is 34.3 Å². The van der Waals surface area contributed by atoms with Crippen molar-refractivity contribution in [3.63, 3.8) is 0 Å². The van der Waals surface area contributed by atoms with Crippen molar-refractivity contribution in [2.24, 2.45) is 0 Å². The van der Waals surface area contributed by atoms with E-state index in [1.807, 2.05) is 25.1 Å². The molecule has 2 aromatic rings. The molecule has 0 unspecified atom stereocenters. The van der Waals surface area contributed by atoms with Crippen molar-refractivity contribution in [1.82, 2.24) is 0 Å². The molecule has 110 valence electrons. The highest BCUT2D eigenvalue weighted by molar-refractivity contribution is 6.31. The zero-order valence-electron chi connectivity index (χ0n) is 11.9. The van der Waals surface area contributed by atoms with Crippen LogP contribution < -0.4 is 15.4 Å². The minimum atomic E-state index is -0.242. The lowest BCUT2D eigenvalue weighted by atomic mass is 10.1. The lowest BCUT2D eigenvalue weighted by Crippen LogP contribution is -2.14. The molecule has 0 atom stereocenters. The Morgan fingerprint density at radius 2 is 1.95 bits per heavy atom. The molecule has 0 radical (unpaired) electrons. The quantitative estimate of drug-likeness (QED) is 0.876. The van der Waals surface area contributed by atoms with Crippen molar-refractivity contribution in [1.29, 1.82) is 0 Å². The van der Waals surface area contributed by atoms with E-state index in [1.165, 1.54) is 0 Å². The van der Waals surface area contributed by atoms with E-state index in [-0.39, 0.29) is 5.91 Å². The van der Waals surface area contributed by atoms with Gasteiger partial charge < -0.3 is 15.4 Å².